The molecule has 0 saturated heterocycles. The highest BCUT2D eigenvalue weighted by Crippen LogP contribution is 2.26. The van der Waals surface area contributed by atoms with Crippen LogP contribution in [0.15, 0.2) is 34.9 Å². The van der Waals surface area contributed by atoms with E-state index in [1.807, 2.05) is 43.3 Å². The monoisotopic (exact) mass is 482 g/mol. The van der Waals surface area contributed by atoms with Gasteiger partial charge in [0, 0.05) is 36.8 Å². The molecular formula is C19H24BrClN6S. The molecule has 1 aromatic heterocycles. The van der Waals surface area contributed by atoms with Crippen molar-refractivity contribution in [3.63, 3.8) is 0 Å². The van der Waals surface area contributed by atoms with E-state index in [1.54, 1.807) is 6.20 Å². The van der Waals surface area contributed by atoms with Gasteiger partial charge in [0.05, 0.1) is 10.7 Å². The maximum atomic E-state index is 6.24. The number of rotatable bonds is 5. The van der Waals surface area contributed by atoms with E-state index in [0.717, 1.165) is 41.7 Å². The smallest absolute Gasteiger partial charge is 0.224 e. The molecule has 0 bridgehead atoms. The zero-order chi connectivity index (χ0) is 20.1. The zero-order valence-electron chi connectivity index (χ0n) is 15.9. The highest BCUT2D eigenvalue weighted by Gasteiger charge is 2.22. The molecule has 6 nitrogen and oxygen atoms in total. The van der Waals surface area contributed by atoms with Gasteiger partial charge in [-0.1, -0.05) is 27.5 Å². The highest BCUT2D eigenvalue weighted by molar-refractivity contribution is 9.10. The Balaban J connectivity index is 1.46. The van der Waals surface area contributed by atoms with Crippen LogP contribution in [0.1, 0.15) is 25.7 Å². The lowest BCUT2D eigenvalue weighted by atomic mass is 9.91. The molecule has 0 radical (unpaired) electrons. The average Bonchev–Trinajstić information content (AvgIpc) is 2.66. The van der Waals surface area contributed by atoms with Crippen molar-refractivity contribution in [2.24, 2.45) is 0 Å². The molecule has 28 heavy (non-hydrogen) atoms. The van der Waals surface area contributed by atoms with Crippen molar-refractivity contribution >= 4 is 62.3 Å². The fourth-order valence-electron chi connectivity index (χ4n) is 3.17. The van der Waals surface area contributed by atoms with Gasteiger partial charge in [-0.3, -0.25) is 0 Å². The molecule has 1 aliphatic rings. The normalized spacial score (nSPS) is 19.0. The van der Waals surface area contributed by atoms with E-state index >= 15 is 0 Å². The van der Waals surface area contributed by atoms with Crippen LogP contribution in [0.25, 0.3) is 0 Å². The van der Waals surface area contributed by atoms with E-state index in [2.05, 4.69) is 41.8 Å². The van der Waals surface area contributed by atoms with Crippen LogP contribution in [-0.2, 0) is 0 Å². The number of halogens is 2. The second kappa shape index (κ2) is 9.71. The van der Waals surface area contributed by atoms with E-state index in [9.17, 15) is 0 Å². The molecule has 150 valence electrons. The first kappa shape index (κ1) is 21.1. The van der Waals surface area contributed by atoms with Gasteiger partial charge < -0.3 is 20.9 Å². The third-order valence-corrected chi connectivity index (χ3v) is 5.70. The Bertz CT molecular complexity index is 826. The summed E-state index contributed by atoms with van der Waals surface area (Å²) in [6.45, 7) is 0. The quantitative estimate of drug-likeness (QED) is 0.534. The molecular weight excluding hydrogens is 460 g/mol. The van der Waals surface area contributed by atoms with E-state index in [4.69, 9.17) is 23.8 Å². The Morgan fingerprint density at radius 3 is 2.57 bits per heavy atom. The number of hydrogen-bond donors (Lipinski definition) is 3. The lowest BCUT2D eigenvalue weighted by Gasteiger charge is -2.30. The first-order valence-electron chi connectivity index (χ1n) is 9.20. The van der Waals surface area contributed by atoms with Gasteiger partial charge in [0.25, 0.3) is 0 Å². The van der Waals surface area contributed by atoms with E-state index in [-0.39, 0.29) is 0 Å². The van der Waals surface area contributed by atoms with Gasteiger partial charge in [-0.25, -0.2) is 4.98 Å². The van der Waals surface area contributed by atoms with Gasteiger partial charge >= 0.3 is 0 Å². The van der Waals surface area contributed by atoms with Crippen molar-refractivity contribution < 1.29 is 0 Å². The molecule has 3 N–H and O–H groups in total. The van der Waals surface area contributed by atoms with Gasteiger partial charge in [-0.15, -0.1) is 0 Å². The standard InChI is InChI=1S/C19H24BrClN6S/c1-27(2)17-9-10-22-18(26-17)23-13-4-6-14(7-5-13)24-19(28)25-16-8-3-12(20)11-15(16)21/h3,8-11,13-14H,4-7H2,1-2H3,(H,22,23,26)(H2,24,25,28)/t13-,14+. The predicted molar refractivity (Wildman–Crippen MR) is 125 cm³/mol. The second-order valence-corrected chi connectivity index (χ2v) is 8.78. The molecule has 9 heteroatoms. The Morgan fingerprint density at radius 2 is 1.89 bits per heavy atom. The van der Waals surface area contributed by atoms with Crippen molar-refractivity contribution in [3.05, 3.63) is 40.0 Å². The van der Waals surface area contributed by atoms with Crippen LogP contribution in [0.2, 0.25) is 5.02 Å². The van der Waals surface area contributed by atoms with Crippen LogP contribution in [0.3, 0.4) is 0 Å². The summed E-state index contributed by atoms with van der Waals surface area (Å²) in [7, 11) is 3.95. The van der Waals surface area contributed by atoms with Crippen molar-refractivity contribution in [1.82, 2.24) is 15.3 Å². The van der Waals surface area contributed by atoms with Crippen molar-refractivity contribution in [3.8, 4) is 0 Å². The minimum Gasteiger partial charge on any atom is -0.363 e. The van der Waals surface area contributed by atoms with Crippen LogP contribution in [0.4, 0.5) is 17.5 Å². The minimum absolute atomic E-state index is 0.348. The highest BCUT2D eigenvalue weighted by atomic mass is 79.9. The predicted octanol–water partition coefficient (Wildman–Crippen LogP) is 4.67. The number of hydrogen-bond acceptors (Lipinski definition) is 5. The maximum Gasteiger partial charge on any atom is 0.224 e. The van der Waals surface area contributed by atoms with Crippen molar-refractivity contribution in [2.75, 3.05) is 29.6 Å². The van der Waals surface area contributed by atoms with Crippen LogP contribution < -0.4 is 20.9 Å². The van der Waals surface area contributed by atoms with Gasteiger partial charge in [-0.2, -0.15) is 4.98 Å². The Labute approximate surface area is 184 Å². The molecule has 1 aliphatic carbocycles. The molecule has 2 aromatic rings. The summed E-state index contributed by atoms with van der Waals surface area (Å²) in [5, 5.41) is 11.3. The number of anilines is 3. The fraction of sp³-hybridized carbons (Fsp3) is 0.421. The average molecular weight is 484 g/mol. The van der Waals surface area contributed by atoms with Gasteiger partial charge in [0.1, 0.15) is 5.82 Å². The summed E-state index contributed by atoms with van der Waals surface area (Å²) >= 11 is 15.1. The lowest BCUT2D eigenvalue weighted by Crippen LogP contribution is -2.42. The van der Waals surface area contributed by atoms with Crippen LogP contribution in [0, 0.1) is 0 Å². The number of nitrogens with one attached hydrogen (secondary N) is 3. The molecule has 0 amide bonds. The first-order chi connectivity index (χ1) is 13.4. The largest absolute Gasteiger partial charge is 0.363 e. The van der Waals surface area contributed by atoms with E-state index in [0.29, 0.717) is 28.2 Å². The van der Waals surface area contributed by atoms with E-state index in [1.165, 1.54) is 0 Å². The summed E-state index contributed by atoms with van der Waals surface area (Å²) < 4.78 is 0.938. The maximum absolute atomic E-state index is 6.24. The summed E-state index contributed by atoms with van der Waals surface area (Å²) in [4.78, 5) is 10.8. The Hall–Kier alpha value is -1.64. The summed E-state index contributed by atoms with van der Waals surface area (Å²) in [6, 6.07) is 8.30. The molecule has 1 saturated carbocycles. The van der Waals surface area contributed by atoms with Crippen molar-refractivity contribution in [1.29, 1.82) is 0 Å². The van der Waals surface area contributed by atoms with Crippen LogP contribution in [-0.4, -0.2) is 41.3 Å². The summed E-state index contributed by atoms with van der Waals surface area (Å²) in [5.41, 5.74) is 0.802. The number of benzene rings is 1. The molecule has 0 unspecified atom stereocenters. The second-order valence-electron chi connectivity index (χ2n) is 7.05. The van der Waals surface area contributed by atoms with Gasteiger partial charge in [0.15, 0.2) is 5.11 Å². The van der Waals surface area contributed by atoms with Crippen molar-refractivity contribution in [2.45, 2.75) is 37.8 Å². The van der Waals surface area contributed by atoms with Crippen LogP contribution >= 0.6 is 39.7 Å². The number of nitrogens with zero attached hydrogens (tertiary/aromatic N) is 3. The molecule has 1 fully saturated rings. The van der Waals surface area contributed by atoms with Gasteiger partial charge in [0.2, 0.25) is 5.95 Å². The third-order valence-electron chi connectivity index (χ3n) is 4.67. The molecule has 3 rings (SSSR count). The molecule has 1 heterocycles. The summed E-state index contributed by atoms with van der Waals surface area (Å²) in [5.74, 6) is 1.58. The topological polar surface area (TPSA) is 65.1 Å². The van der Waals surface area contributed by atoms with Gasteiger partial charge in [-0.05, 0) is 62.2 Å². The zero-order valence-corrected chi connectivity index (χ0v) is 19.0. The molecule has 1 aromatic carbocycles. The fourth-order valence-corrected chi connectivity index (χ4v) is 4.16. The Morgan fingerprint density at radius 1 is 1.18 bits per heavy atom. The SMILES string of the molecule is CN(C)c1ccnc(N[C@H]2CC[C@@H](NC(=S)Nc3ccc(Br)cc3Cl)CC2)n1. The Kier molecular flexibility index (Phi) is 7.31. The number of aromatic nitrogens is 2. The third kappa shape index (κ3) is 5.93. The number of thiocarbonyl (C=S) groups is 1. The lowest BCUT2D eigenvalue weighted by molar-refractivity contribution is 0.387. The van der Waals surface area contributed by atoms with Crippen LogP contribution in [0.5, 0.6) is 0 Å². The van der Waals surface area contributed by atoms with E-state index < -0.39 is 0 Å². The minimum atomic E-state index is 0.348. The molecule has 0 spiro atoms. The molecule has 0 aliphatic heterocycles. The first-order valence-corrected chi connectivity index (χ1v) is 10.8. The molecule has 0 atom stereocenters. The summed E-state index contributed by atoms with van der Waals surface area (Å²) in [6.07, 6.45) is 5.92.